The molecule has 14 heteroatoms. The molecule has 196 valence electrons. The summed E-state index contributed by atoms with van der Waals surface area (Å²) in [5.74, 6) is -4.52. The topological polar surface area (TPSA) is 102 Å². The molecule has 0 aliphatic rings. The van der Waals surface area contributed by atoms with Crippen molar-refractivity contribution in [3.63, 3.8) is 0 Å². The number of benzene rings is 3. The van der Waals surface area contributed by atoms with Gasteiger partial charge in [0.2, 0.25) is 0 Å². The summed E-state index contributed by atoms with van der Waals surface area (Å²) in [4.78, 5) is 24.2. The first kappa shape index (κ1) is 27.9. The number of ether oxygens (including phenoxy) is 1. The molecule has 1 atom stereocenters. The number of carbonyl (C=O) groups excluding carboxylic acids is 2. The zero-order valence-electron chi connectivity index (χ0n) is 18.6. The highest BCUT2D eigenvalue weighted by Crippen LogP contribution is 2.34. The third-order valence-corrected chi connectivity index (χ3v) is 6.49. The molecule has 3 rings (SSSR count). The number of rotatable bonds is 7. The van der Waals surface area contributed by atoms with Crippen LogP contribution in [0.1, 0.15) is 22.8 Å². The van der Waals surface area contributed by atoms with Crippen LogP contribution in [0.2, 0.25) is 5.02 Å². The summed E-state index contributed by atoms with van der Waals surface area (Å²) >= 11 is 5.84. The van der Waals surface area contributed by atoms with Crippen molar-refractivity contribution in [2.24, 2.45) is 0 Å². The molecule has 0 saturated heterocycles. The van der Waals surface area contributed by atoms with Crippen molar-refractivity contribution < 1.29 is 44.7 Å². The van der Waals surface area contributed by atoms with Gasteiger partial charge in [-0.1, -0.05) is 11.6 Å². The number of hydrogen-bond donors (Lipinski definition) is 2. The number of amides is 1. The van der Waals surface area contributed by atoms with Gasteiger partial charge in [-0.05, 0) is 67.6 Å². The number of esters is 1. The van der Waals surface area contributed by atoms with Crippen molar-refractivity contribution in [3.8, 4) is 0 Å². The number of hydrogen-bond acceptors (Lipinski definition) is 5. The predicted octanol–water partition coefficient (Wildman–Crippen LogP) is 5.62. The van der Waals surface area contributed by atoms with E-state index in [9.17, 15) is 40.0 Å². The molecule has 37 heavy (non-hydrogen) atoms. The number of alkyl halides is 3. The van der Waals surface area contributed by atoms with Gasteiger partial charge in [-0.2, -0.15) is 13.2 Å². The predicted molar refractivity (Wildman–Crippen MR) is 124 cm³/mol. The standard InChI is InChI=1S/C23H16ClF5N2O5S/c1-12(21(32)30-20-10-14(23(27,28)29)4-8-17(20)24)36-22(33)13-2-5-15(6-3-13)31-37(34,35)16-7-9-18(25)19(26)11-16/h2-12,31H,1H3,(H,30,32)/t12-/m1/s1. The maximum Gasteiger partial charge on any atom is 0.416 e. The van der Waals surface area contributed by atoms with E-state index in [2.05, 4.69) is 10.0 Å². The summed E-state index contributed by atoms with van der Waals surface area (Å²) in [5.41, 5.74) is -1.49. The van der Waals surface area contributed by atoms with Crippen molar-refractivity contribution >= 4 is 44.9 Å². The number of sulfonamides is 1. The first-order valence-corrected chi connectivity index (χ1v) is 12.0. The minimum Gasteiger partial charge on any atom is -0.449 e. The fraction of sp³-hybridized carbons (Fsp3) is 0.130. The Hall–Kier alpha value is -3.71. The van der Waals surface area contributed by atoms with E-state index in [0.29, 0.717) is 18.2 Å². The summed E-state index contributed by atoms with van der Waals surface area (Å²) < 4.78 is 96.9. The van der Waals surface area contributed by atoms with E-state index < -0.39 is 56.3 Å². The Morgan fingerprint density at radius 3 is 2.19 bits per heavy atom. The van der Waals surface area contributed by atoms with Gasteiger partial charge in [-0.15, -0.1) is 0 Å². The zero-order chi connectivity index (χ0) is 27.5. The number of halogens is 6. The summed E-state index contributed by atoms with van der Waals surface area (Å²) in [7, 11) is -4.27. The molecule has 0 heterocycles. The average molecular weight is 563 g/mol. The van der Waals surface area contributed by atoms with Crippen LogP contribution < -0.4 is 10.0 Å². The lowest BCUT2D eigenvalue weighted by Crippen LogP contribution is -2.30. The van der Waals surface area contributed by atoms with E-state index in [1.165, 1.54) is 31.2 Å². The maximum absolute atomic E-state index is 13.4. The van der Waals surface area contributed by atoms with Crippen molar-refractivity contribution in [2.45, 2.75) is 24.1 Å². The molecule has 0 aliphatic heterocycles. The molecular formula is C23H16ClF5N2O5S. The lowest BCUT2D eigenvalue weighted by Gasteiger charge is -2.16. The monoisotopic (exact) mass is 562 g/mol. The van der Waals surface area contributed by atoms with E-state index in [1.54, 1.807) is 0 Å². The number of nitrogens with one attached hydrogen (secondary N) is 2. The molecule has 0 spiro atoms. The smallest absolute Gasteiger partial charge is 0.416 e. The molecule has 1 amide bonds. The Morgan fingerprint density at radius 1 is 0.946 bits per heavy atom. The minimum atomic E-state index is -4.67. The third kappa shape index (κ3) is 6.95. The zero-order valence-corrected chi connectivity index (χ0v) is 20.1. The van der Waals surface area contributed by atoms with Gasteiger partial charge in [0.1, 0.15) is 0 Å². The fourth-order valence-corrected chi connectivity index (χ4v) is 4.08. The van der Waals surface area contributed by atoms with Crippen LogP contribution in [0.25, 0.3) is 0 Å². The Morgan fingerprint density at radius 2 is 1.59 bits per heavy atom. The summed E-state index contributed by atoms with van der Waals surface area (Å²) in [5, 5.41) is 2.00. The number of carbonyl (C=O) groups is 2. The van der Waals surface area contributed by atoms with Gasteiger partial charge in [0.05, 0.1) is 26.7 Å². The SMILES string of the molecule is C[C@@H](OC(=O)c1ccc(NS(=O)(=O)c2ccc(F)c(F)c2)cc1)C(=O)Nc1cc(C(F)(F)F)ccc1Cl. The van der Waals surface area contributed by atoms with Crippen LogP contribution in [0.5, 0.6) is 0 Å². The molecule has 0 unspecified atom stereocenters. The molecule has 2 N–H and O–H groups in total. The molecule has 3 aromatic carbocycles. The molecule has 0 aromatic heterocycles. The van der Waals surface area contributed by atoms with Crippen LogP contribution in [0, 0.1) is 11.6 Å². The van der Waals surface area contributed by atoms with Crippen LogP contribution in [0.4, 0.5) is 33.3 Å². The third-order valence-electron chi connectivity index (χ3n) is 4.78. The second-order valence-corrected chi connectivity index (χ2v) is 9.58. The Balaban J connectivity index is 1.64. The van der Waals surface area contributed by atoms with Crippen LogP contribution in [-0.2, 0) is 25.7 Å². The molecule has 0 radical (unpaired) electrons. The van der Waals surface area contributed by atoms with Crippen molar-refractivity contribution in [2.75, 3.05) is 10.0 Å². The highest BCUT2D eigenvalue weighted by molar-refractivity contribution is 7.92. The molecule has 0 fully saturated rings. The molecule has 3 aromatic rings. The number of anilines is 2. The van der Waals surface area contributed by atoms with E-state index in [1.807, 2.05) is 0 Å². The Bertz CT molecular complexity index is 1450. The van der Waals surface area contributed by atoms with Gasteiger partial charge >= 0.3 is 12.1 Å². The highest BCUT2D eigenvalue weighted by atomic mass is 35.5. The Kier molecular flexibility index (Phi) is 8.08. The molecule has 7 nitrogen and oxygen atoms in total. The van der Waals surface area contributed by atoms with Crippen molar-refractivity contribution in [1.82, 2.24) is 0 Å². The summed E-state index contributed by atoms with van der Waals surface area (Å²) in [6.07, 6.45) is -6.11. The molecule has 0 saturated carbocycles. The van der Waals surface area contributed by atoms with Gasteiger partial charge in [0, 0.05) is 5.69 Å². The average Bonchev–Trinajstić information content (AvgIpc) is 2.81. The van der Waals surface area contributed by atoms with E-state index in [-0.39, 0.29) is 22.0 Å². The normalized spacial score (nSPS) is 12.5. The van der Waals surface area contributed by atoms with E-state index in [4.69, 9.17) is 16.3 Å². The lowest BCUT2D eigenvalue weighted by molar-refractivity contribution is -0.137. The van der Waals surface area contributed by atoms with Crippen molar-refractivity contribution in [3.05, 3.63) is 88.4 Å². The van der Waals surface area contributed by atoms with Gasteiger partial charge in [-0.3, -0.25) is 9.52 Å². The van der Waals surface area contributed by atoms with E-state index >= 15 is 0 Å². The maximum atomic E-state index is 13.4. The first-order chi connectivity index (χ1) is 17.2. The van der Waals surface area contributed by atoms with Crippen LogP contribution in [0.15, 0.2) is 65.6 Å². The largest absolute Gasteiger partial charge is 0.449 e. The molecule has 0 aliphatic carbocycles. The van der Waals surface area contributed by atoms with Gasteiger partial charge in [-0.25, -0.2) is 22.0 Å². The summed E-state index contributed by atoms with van der Waals surface area (Å²) in [6, 6.07) is 9.05. The fourth-order valence-electron chi connectivity index (χ4n) is 2.85. The van der Waals surface area contributed by atoms with Crippen LogP contribution in [0.3, 0.4) is 0 Å². The van der Waals surface area contributed by atoms with E-state index in [0.717, 1.165) is 18.2 Å². The van der Waals surface area contributed by atoms with Crippen LogP contribution in [-0.4, -0.2) is 26.4 Å². The molecule has 0 bridgehead atoms. The summed E-state index contributed by atoms with van der Waals surface area (Å²) in [6.45, 7) is 1.18. The lowest BCUT2D eigenvalue weighted by atomic mass is 10.2. The van der Waals surface area contributed by atoms with Gasteiger partial charge in [0.15, 0.2) is 17.7 Å². The Labute approximate surface area is 212 Å². The van der Waals surface area contributed by atoms with Gasteiger partial charge in [0.25, 0.3) is 15.9 Å². The second kappa shape index (κ2) is 10.7. The second-order valence-electron chi connectivity index (χ2n) is 7.49. The minimum absolute atomic E-state index is 0.0220. The van der Waals surface area contributed by atoms with Gasteiger partial charge < -0.3 is 10.1 Å². The highest BCUT2D eigenvalue weighted by Gasteiger charge is 2.31. The van der Waals surface area contributed by atoms with Crippen LogP contribution >= 0.6 is 11.6 Å². The first-order valence-electron chi connectivity index (χ1n) is 10.1. The van der Waals surface area contributed by atoms with Crippen molar-refractivity contribution in [1.29, 1.82) is 0 Å². The molecular weight excluding hydrogens is 547 g/mol. The quantitative estimate of drug-likeness (QED) is 0.287.